The summed E-state index contributed by atoms with van der Waals surface area (Å²) in [6.07, 6.45) is 0.976. The molecule has 0 unspecified atom stereocenters. The molecule has 0 bridgehead atoms. The number of aliphatic hydroxyl groups excluding tert-OH is 1. The molecule has 0 spiro atoms. The van der Waals surface area contributed by atoms with Crippen LogP contribution in [0.2, 0.25) is 0 Å². The minimum absolute atomic E-state index is 0.0115. The van der Waals surface area contributed by atoms with E-state index in [0.717, 1.165) is 18.2 Å². The third-order valence-electron chi connectivity index (χ3n) is 4.98. The number of amides is 2. The molecular weight excluding hydrogens is 332 g/mol. The van der Waals surface area contributed by atoms with Gasteiger partial charge in [0.05, 0.1) is 12.1 Å². The van der Waals surface area contributed by atoms with Crippen LogP contribution in [0, 0.1) is 11.6 Å². The first-order valence-electron chi connectivity index (χ1n) is 8.33. The molecule has 136 valence electrons. The Balaban J connectivity index is 1.63. The zero-order valence-corrected chi connectivity index (χ0v) is 13.7. The first-order valence-corrected chi connectivity index (χ1v) is 8.33. The van der Waals surface area contributed by atoms with Gasteiger partial charge in [0.2, 0.25) is 5.91 Å². The van der Waals surface area contributed by atoms with Crippen molar-refractivity contribution in [2.24, 2.45) is 5.73 Å². The standard InChI is InChI=1S/C17H21F2N3O3/c18-11-5-10(6-12(19)7-11)17(25)21-3-1-13(2-4-21)22-9-14(23)8-15(22)16(20)24/h5-7,13-15,23H,1-4,8-9H2,(H2,20,24)/t14-,15+/m1/s1. The van der Waals surface area contributed by atoms with Crippen LogP contribution < -0.4 is 5.73 Å². The summed E-state index contributed by atoms with van der Waals surface area (Å²) in [6, 6.07) is 2.34. The Morgan fingerprint density at radius 3 is 2.28 bits per heavy atom. The van der Waals surface area contributed by atoms with E-state index in [1.54, 1.807) is 4.90 Å². The lowest BCUT2D eigenvalue weighted by Gasteiger charge is -2.38. The van der Waals surface area contributed by atoms with Gasteiger partial charge in [0.15, 0.2) is 0 Å². The largest absolute Gasteiger partial charge is 0.392 e. The number of rotatable bonds is 3. The molecule has 0 aliphatic carbocycles. The number of piperidine rings is 1. The molecule has 6 nitrogen and oxygen atoms in total. The maximum atomic E-state index is 13.3. The predicted octanol–water partition coefficient (Wildman–Crippen LogP) is 0.490. The third kappa shape index (κ3) is 3.80. The molecule has 2 aliphatic heterocycles. The van der Waals surface area contributed by atoms with Crippen molar-refractivity contribution >= 4 is 11.8 Å². The van der Waals surface area contributed by atoms with Gasteiger partial charge >= 0.3 is 0 Å². The van der Waals surface area contributed by atoms with Crippen LogP contribution >= 0.6 is 0 Å². The molecule has 2 amide bonds. The summed E-state index contributed by atoms with van der Waals surface area (Å²) in [5, 5.41) is 9.81. The van der Waals surface area contributed by atoms with Crippen LogP contribution in [0.3, 0.4) is 0 Å². The zero-order chi connectivity index (χ0) is 18.1. The molecule has 8 heteroatoms. The average molecular weight is 353 g/mol. The topological polar surface area (TPSA) is 86.9 Å². The van der Waals surface area contributed by atoms with Gasteiger partial charge in [0, 0.05) is 37.3 Å². The highest BCUT2D eigenvalue weighted by Crippen LogP contribution is 2.27. The summed E-state index contributed by atoms with van der Waals surface area (Å²) in [5.74, 6) is -2.43. The van der Waals surface area contributed by atoms with Gasteiger partial charge < -0.3 is 15.7 Å². The summed E-state index contributed by atoms with van der Waals surface area (Å²) in [5.41, 5.74) is 5.40. The third-order valence-corrected chi connectivity index (χ3v) is 4.98. The minimum Gasteiger partial charge on any atom is -0.392 e. The Morgan fingerprint density at radius 1 is 1.12 bits per heavy atom. The van der Waals surface area contributed by atoms with E-state index in [4.69, 9.17) is 5.73 Å². The monoisotopic (exact) mass is 353 g/mol. The Hall–Kier alpha value is -2.06. The number of primary amides is 1. The summed E-state index contributed by atoms with van der Waals surface area (Å²) in [4.78, 5) is 27.4. The fourth-order valence-electron chi connectivity index (χ4n) is 3.78. The van der Waals surface area contributed by atoms with Gasteiger partial charge in [0.25, 0.3) is 5.91 Å². The number of benzene rings is 1. The quantitative estimate of drug-likeness (QED) is 0.828. The molecule has 0 saturated carbocycles. The Kier molecular flexibility index (Phi) is 5.01. The lowest BCUT2D eigenvalue weighted by Crippen LogP contribution is -2.51. The fraction of sp³-hybridized carbons (Fsp3) is 0.529. The van der Waals surface area contributed by atoms with Crippen molar-refractivity contribution in [1.29, 1.82) is 0 Å². The zero-order valence-electron chi connectivity index (χ0n) is 13.7. The highest BCUT2D eigenvalue weighted by Gasteiger charge is 2.40. The van der Waals surface area contributed by atoms with E-state index in [0.29, 0.717) is 38.9 Å². The molecule has 1 aromatic carbocycles. The summed E-state index contributed by atoms with van der Waals surface area (Å²) < 4.78 is 26.6. The molecule has 25 heavy (non-hydrogen) atoms. The van der Waals surface area contributed by atoms with Crippen LogP contribution in [-0.2, 0) is 4.79 Å². The Bertz CT molecular complexity index is 657. The Labute approximate surface area is 144 Å². The van der Waals surface area contributed by atoms with E-state index < -0.39 is 35.6 Å². The van der Waals surface area contributed by atoms with Crippen LogP contribution in [0.4, 0.5) is 8.78 Å². The SMILES string of the molecule is NC(=O)[C@@H]1C[C@@H](O)CN1C1CCN(C(=O)c2cc(F)cc(F)c2)CC1. The molecule has 2 aliphatic rings. The van der Waals surface area contributed by atoms with E-state index in [-0.39, 0.29) is 11.6 Å². The number of carbonyl (C=O) groups is 2. The van der Waals surface area contributed by atoms with E-state index in [2.05, 4.69) is 0 Å². The van der Waals surface area contributed by atoms with Crippen molar-refractivity contribution in [1.82, 2.24) is 9.80 Å². The first-order chi connectivity index (χ1) is 11.8. The van der Waals surface area contributed by atoms with E-state index in [1.165, 1.54) is 0 Å². The number of aliphatic hydroxyl groups is 1. The van der Waals surface area contributed by atoms with Crippen molar-refractivity contribution in [3.63, 3.8) is 0 Å². The van der Waals surface area contributed by atoms with E-state index >= 15 is 0 Å². The fourth-order valence-corrected chi connectivity index (χ4v) is 3.78. The summed E-state index contributed by atoms with van der Waals surface area (Å²) >= 11 is 0. The summed E-state index contributed by atoms with van der Waals surface area (Å²) in [6.45, 7) is 1.22. The number of halogens is 2. The Morgan fingerprint density at radius 2 is 1.72 bits per heavy atom. The van der Waals surface area contributed by atoms with Crippen LogP contribution in [0.1, 0.15) is 29.6 Å². The van der Waals surface area contributed by atoms with Gasteiger partial charge in [-0.1, -0.05) is 0 Å². The molecule has 3 N–H and O–H groups in total. The van der Waals surface area contributed by atoms with Crippen LogP contribution in [0.5, 0.6) is 0 Å². The molecule has 2 saturated heterocycles. The number of carbonyl (C=O) groups excluding carboxylic acids is 2. The van der Waals surface area contributed by atoms with Crippen molar-refractivity contribution in [3.05, 3.63) is 35.4 Å². The number of β-amino-alcohol motifs (C(OH)–C–C–N with tert-alkyl or cyclic N) is 1. The smallest absolute Gasteiger partial charge is 0.254 e. The molecule has 1 aromatic rings. The van der Waals surface area contributed by atoms with Crippen LogP contribution in [-0.4, -0.2) is 64.5 Å². The minimum atomic E-state index is -0.784. The van der Waals surface area contributed by atoms with Crippen molar-refractivity contribution in [3.8, 4) is 0 Å². The second-order valence-corrected chi connectivity index (χ2v) is 6.69. The number of hydrogen-bond acceptors (Lipinski definition) is 4. The van der Waals surface area contributed by atoms with Gasteiger partial charge in [-0.25, -0.2) is 8.78 Å². The molecule has 3 rings (SSSR count). The number of hydrogen-bond donors (Lipinski definition) is 2. The maximum Gasteiger partial charge on any atom is 0.254 e. The molecule has 0 radical (unpaired) electrons. The average Bonchev–Trinajstić information content (AvgIpc) is 2.95. The molecule has 2 fully saturated rings. The van der Waals surface area contributed by atoms with Gasteiger partial charge in [-0.3, -0.25) is 14.5 Å². The van der Waals surface area contributed by atoms with Gasteiger partial charge in [-0.05, 0) is 31.4 Å². The molecule has 2 atom stereocenters. The second-order valence-electron chi connectivity index (χ2n) is 6.69. The van der Waals surface area contributed by atoms with E-state index in [1.807, 2.05) is 4.90 Å². The number of nitrogens with zero attached hydrogens (tertiary/aromatic N) is 2. The highest BCUT2D eigenvalue weighted by atomic mass is 19.1. The van der Waals surface area contributed by atoms with Crippen molar-refractivity contribution in [2.75, 3.05) is 19.6 Å². The molecule has 2 heterocycles. The van der Waals surface area contributed by atoms with Crippen molar-refractivity contribution < 1.29 is 23.5 Å². The highest BCUT2D eigenvalue weighted by molar-refractivity contribution is 5.94. The predicted molar refractivity (Wildman–Crippen MR) is 85.6 cm³/mol. The lowest BCUT2D eigenvalue weighted by atomic mass is 10.0. The summed E-state index contributed by atoms with van der Waals surface area (Å²) in [7, 11) is 0. The first kappa shape index (κ1) is 17.8. The van der Waals surface area contributed by atoms with Crippen molar-refractivity contribution in [2.45, 2.75) is 37.5 Å². The number of nitrogens with two attached hydrogens (primary N) is 1. The normalized spacial score (nSPS) is 25.3. The number of likely N-dealkylation sites (tertiary alicyclic amines) is 2. The molecular formula is C17H21F2N3O3. The second kappa shape index (κ2) is 7.05. The van der Waals surface area contributed by atoms with Crippen LogP contribution in [0.25, 0.3) is 0 Å². The van der Waals surface area contributed by atoms with E-state index in [9.17, 15) is 23.5 Å². The van der Waals surface area contributed by atoms with Gasteiger partial charge in [-0.15, -0.1) is 0 Å². The van der Waals surface area contributed by atoms with Crippen LogP contribution in [0.15, 0.2) is 18.2 Å². The maximum absolute atomic E-state index is 13.3. The lowest BCUT2D eigenvalue weighted by molar-refractivity contribution is -0.123. The van der Waals surface area contributed by atoms with Gasteiger partial charge in [-0.2, -0.15) is 0 Å². The van der Waals surface area contributed by atoms with Gasteiger partial charge in [0.1, 0.15) is 11.6 Å². The molecule has 0 aromatic heterocycles.